The molecule has 2 heterocycles. The van der Waals surface area contributed by atoms with Gasteiger partial charge in [-0.15, -0.1) is 0 Å². The van der Waals surface area contributed by atoms with E-state index in [9.17, 15) is 0 Å². The Labute approximate surface area is 122 Å². The normalized spacial score (nSPS) is 19.4. The molecule has 1 aromatic rings. The number of nitrogens with zero attached hydrogens (tertiary/aromatic N) is 1. The molecule has 2 heteroatoms. The molecule has 0 saturated carbocycles. The minimum absolute atomic E-state index is 0.337. The zero-order valence-electron chi connectivity index (χ0n) is 13.0. The van der Waals surface area contributed by atoms with Gasteiger partial charge in [0, 0.05) is 31.9 Å². The molecule has 1 N–H and O–H groups in total. The van der Waals surface area contributed by atoms with Crippen LogP contribution < -0.4 is 5.32 Å². The molecule has 0 aliphatic carbocycles. The van der Waals surface area contributed by atoms with Crippen LogP contribution in [0.15, 0.2) is 29.8 Å². The first kappa shape index (κ1) is 13.7. The maximum Gasteiger partial charge on any atom is 0.0376 e. The molecule has 3 rings (SSSR count). The summed E-state index contributed by atoms with van der Waals surface area (Å²) in [6, 6.07) is 6.94. The van der Waals surface area contributed by atoms with E-state index in [-0.39, 0.29) is 0 Å². The molecule has 108 valence electrons. The van der Waals surface area contributed by atoms with Crippen LogP contribution in [0, 0.1) is 5.41 Å². The van der Waals surface area contributed by atoms with Gasteiger partial charge in [-0.25, -0.2) is 0 Å². The number of anilines is 1. The highest BCUT2D eigenvalue weighted by Gasteiger charge is 2.21. The van der Waals surface area contributed by atoms with Crippen LogP contribution in [0.25, 0.3) is 0 Å². The molecule has 0 saturated heterocycles. The van der Waals surface area contributed by atoms with E-state index in [4.69, 9.17) is 0 Å². The van der Waals surface area contributed by atoms with Gasteiger partial charge in [0.05, 0.1) is 0 Å². The Kier molecular flexibility index (Phi) is 3.59. The van der Waals surface area contributed by atoms with Crippen LogP contribution in [0.3, 0.4) is 0 Å². The van der Waals surface area contributed by atoms with Crippen LogP contribution in [-0.4, -0.2) is 24.5 Å². The Morgan fingerprint density at radius 2 is 2.05 bits per heavy atom. The van der Waals surface area contributed by atoms with Crippen molar-refractivity contribution in [2.75, 3.05) is 25.0 Å². The van der Waals surface area contributed by atoms with Crippen molar-refractivity contribution in [2.24, 2.45) is 5.41 Å². The third-order valence-electron chi connectivity index (χ3n) is 4.55. The van der Waals surface area contributed by atoms with Gasteiger partial charge >= 0.3 is 0 Å². The van der Waals surface area contributed by atoms with E-state index < -0.39 is 0 Å². The van der Waals surface area contributed by atoms with Crippen LogP contribution in [0.1, 0.15) is 38.3 Å². The van der Waals surface area contributed by atoms with Gasteiger partial charge in [-0.1, -0.05) is 44.6 Å². The summed E-state index contributed by atoms with van der Waals surface area (Å²) in [5.41, 5.74) is 6.21. The topological polar surface area (TPSA) is 15.3 Å². The monoisotopic (exact) mass is 270 g/mol. The summed E-state index contributed by atoms with van der Waals surface area (Å²) in [5.74, 6) is 0. The fourth-order valence-corrected chi connectivity index (χ4v) is 3.23. The third kappa shape index (κ3) is 2.90. The molecule has 0 aromatic heterocycles. The number of benzene rings is 1. The highest BCUT2D eigenvalue weighted by atomic mass is 15.1. The van der Waals surface area contributed by atoms with Crippen molar-refractivity contribution in [2.45, 2.75) is 40.2 Å². The first-order chi connectivity index (χ1) is 9.52. The van der Waals surface area contributed by atoms with Crippen molar-refractivity contribution in [3.8, 4) is 0 Å². The Morgan fingerprint density at radius 1 is 1.20 bits per heavy atom. The van der Waals surface area contributed by atoms with E-state index in [2.05, 4.69) is 55.3 Å². The molecule has 1 aromatic carbocycles. The van der Waals surface area contributed by atoms with E-state index in [1.165, 1.54) is 36.2 Å². The van der Waals surface area contributed by atoms with Gasteiger partial charge in [0.2, 0.25) is 0 Å². The molecule has 0 bridgehead atoms. The maximum absolute atomic E-state index is 3.47. The van der Waals surface area contributed by atoms with Gasteiger partial charge in [-0.3, -0.25) is 4.90 Å². The number of fused-ring (bicyclic) bond motifs is 1. The number of nitrogens with one attached hydrogen (secondary N) is 1. The van der Waals surface area contributed by atoms with E-state index >= 15 is 0 Å². The maximum atomic E-state index is 3.47. The lowest BCUT2D eigenvalue weighted by Gasteiger charge is -2.32. The molecule has 0 unspecified atom stereocenters. The zero-order chi connectivity index (χ0) is 14.2. The van der Waals surface area contributed by atoms with E-state index in [1.54, 1.807) is 5.57 Å². The lowest BCUT2D eigenvalue weighted by atomic mass is 9.83. The van der Waals surface area contributed by atoms with Gasteiger partial charge < -0.3 is 5.32 Å². The Bertz CT molecular complexity index is 523. The molecular weight excluding hydrogens is 244 g/mol. The Balaban J connectivity index is 1.64. The molecular formula is C18H26N2. The molecule has 0 spiro atoms. The summed E-state index contributed by atoms with van der Waals surface area (Å²) in [4.78, 5) is 2.55. The minimum Gasteiger partial charge on any atom is -0.384 e. The van der Waals surface area contributed by atoms with Crippen LogP contribution in [0.5, 0.6) is 0 Å². The molecule has 2 aliphatic heterocycles. The van der Waals surface area contributed by atoms with Gasteiger partial charge in [-0.2, -0.15) is 0 Å². The quantitative estimate of drug-likeness (QED) is 0.822. The Hall–Kier alpha value is -1.28. The molecule has 0 amide bonds. The molecule has 2 nitrogen and oxygen atoms in total. The fraction of sp³-hybridized carbons (Fsp3) is 0.556. The van der Waals surface area contributed by atoms with Gasteiger partial charge in [0.1, 0.15) is 0 Å². The van der Waals surface area contributed by atoms with E-state index in [0.717, 1.165) is 19.6 Å². The first-order valence-corrected chi connectivity index (χ1v) is 7.80. The highest BCUT2D eigenvalue weighted by molar-refractivity contribution is 5.57. The van der Waals surface area contributed by atoms with E-state index in [0.29, 0.717) is 5.41 Å². The van der Waals surface area contributed by atoms with Crippen molar-refractivity contribution in [1.82, 2.24) is 4.90 Å². The summed E-state index contributed by atoms with van der Waals surface area (Å²) in [5, 5.41) is 3.47. The molecule has 0 fully saturated rings. The smallest absolute Gasteiger partial charge is 0.0376 e. The second-order valence-electron chi connectivity index (χ2n) is 7.13. The van der Waals surface area contributed by atoms with Gasteiger partial charge in [0.15, 0.2) is 0 Å². The van der Waals surface area contributed by atoms with E-state index in [1.807, 2.05) is 0 Å². The molecule has 2 aliphatic rings. The largest absolute Gasteiger partial charge is 0.384 e. The van der Waals surface area contributed by atoms with Crippen molar-refractivity contribution >= 4 is 5.69 Å². The lowest BCUT2D eigenvalue weighted by molar-refractivity contribution is 0.271. The van der Waals surface area contributed by atoms with Gasteiger partial charge in [0.25, 0.3) is 0 Å². The molecule has 20 heavy (non-hydrogen) atoms. The van der Waals surface area contributed by atoms with Crippen LogP contribution >= 0.6 is 0 Å². The zero-order valence-corrected chi connectivity index (χ0v) is 13.0. The van der Waals surface area contributed by atoms with Crippen molar-refractivity contribution < 1.29 is 0 Å². The number of hydrogen-bond acceptors (Lipinski definition) is 2. The lowest BCUT2D eigenvalue weighted by Crippen LogP contribution is -2.30. The molecule has 0 atom stereocenters. The number of hydrogen-bond donors (Lipinski definition) is 1. The van der Waals surface area contributed by atoms with Crippen LogP contribution in [0.2, 0.25) is 0 Å². The van der Waals surface area contributed by atoms with Crippen molar-refractivity contribution in [3.63, 3.8) is 0 Å². The predicted octanol–water partition coefficient (Wildman–Crippen LogP) is 3.83. The summed E-state index contributed by atoms with van der Waals surface area (Å²) < 4.78 is 0. The summed E-state index contributed by atoms with van der Waals surface area (Å²) >= 11 is 0. The minimum atomic E-state index is 0.337. The van der Waals surface area contributed by atoms with Crippen LogP contribution in [-0.2, 0) is 13.0 Å². The standard InChI is InChI=1S/C18H26N2/c1-18(2,3)16-7-10-20(11-8-16)13-14-4-5-15-6-9-19-17(15)12-14/h4-5,7,12,19H,6,8-11,13H2,1-3H3. The van der Waals surface area contributed by atoms with Gasteiger partial charge in [-0.05, 0) is 35.4 Å². The first-order valence-electron chi connectivity index (χ1n) is 7.80. The number of rotatable bonds is 2. The second-order valence-corrected chi connectivity index (χ2v) is 7.13. The SMILES string of the molecule is CC(C)(C)C1=CCN(Cc2ccc3c(c2)NCC3)CC1. The van der Waals surface area contributed by atoms with Crippen molar-refractivity contribution in [3.05, 3.63) is 41.0 Å². The third-order valence-corrected chi connectivity index (χ3v) is 4.55. The van der Waals surface area contributed by atoms with Crippen molar-refractivity contribution in [1.29, 1.82) is 0 Å². The Morgan fingerprint density at radius 3 is 2.75 bits per heavy atom. The summed E-state index contributed by atoms with van der Waals surface area (Å²) in [7, 11) is 0. The predicted molar refractivity (Wildman–Crippen MR) is 86.1 cm³/mol. The van der Waals surface area contributed by atoms with Crippen LogP contribution in [0.4, 0.5) is 5.69 Å². The fourth-order valence-electron chi connectivity index (χ4n) is 3.23. The average molecular weight is 270 g/mol. The highest BCUT2D eigenvalue weighted by Crippen LogP contribution is 2.31. The summed E-state index contributed by atoms with van der Waals surface area (Å²) in [6.07, 6.45) is 4.83. The average Bonchev–Trinajstić information content (AvgIpc) is 2.86. The summed E-state index contributed by atoms with van der Waals surface area (Å²) in [6.45, 7) is 11.4. The second kappa shape index (κ2) is 5.25. The molecule has 0 radical (unpaired) electrons.